The molecule has 26 heavy (non-hydrogen) atoms. The minimum absolute atomic E-state index is 0.0500. The first kappa shape index (κ1) is 18.1. The predicted molar refractivity (Wildman–Crippen MR) is 98.6 cm³/mol. The van der Waals surface area contributed by atoms with Crippen LogP contribution in [0.25, 0.3) is 0 Å². The second-order valence-electron chi connectivity index (χ2n) is 6.11. The number of aromatic amines is 1. The van der Waals surface area contributed by atoms with Crippen LogP contribution in [0.4, 0.5) is 0 Å². The number of carbonyl (C=O) groups excluding carboxylic acids is 1. The fourth-order valence-electron chi connectivity index (χ4n) is 3.00. The highest BCUT2D eigenvalue weighted by Crippen LogP contribution is 2.35. The Morgan fingerprint density at radius 3 is 2.85 bits per heavy atom. The number of amides is 1. The number of unbranched alkanes of at least 4 members (excludes halogenated alkanes) is 1. The van der Waals surface area contributed by atoms with Crippen molar-refractivity contribution in [3.05, 3.63) is 48.8 Å². The lowest BCUT2D eigenvalue weighted by Gasteiger charge is -2.18. The number of aromatic hydroxyl groups is 1. The van der Waals surface area contributed by atoms with Gasteiger partial charge in [0.25, 0.3) is 5.56 Å². The molecule has 0 aliphatic carbocycles. The van der Waals surface area contributed by atoms with Crippen LogP contribution in [-0.2, 0) is 11.3 Å². The lowest BCUT2D eigenvalue weighted by molar-refractivity contribution is -0.130. The lowest BCUT2D eigenvalue weighted by atomic mass is 10.0. The fraction of sp³-hybridized carbons (Fsp3) is 0.412. The fourth-order valence-corrected chi connectivity index (χ4v) is 3.81. The molecule has 138 valence electrons. The standard InChI is InChI=1S/C17H20N4O4S/c1-3-4-7-20-16(24)14(15(23)18-17(20)25)11-9-12(13-6-5-8-26-13)21(19-11)10(2)22/h5-6,8,12,24H,3-4,7,9H2,1-2H3,(H,18,23,25). The van der Waals surface area contributed by atoms with Gasteiger partial charge in [0.05, 0.1) is 11.8 Å². The highest BCUT2D eigenvalue weighted by atomic mass is 32.1. The van der Waals surface area contributed by atoms with E-state index in [1.165, 1.54) is 23.3 Å². The van der Waals surface area contributed by atoms with E-state index in [1.54, 1.807) is 0 Å². The molecule has 1 unspecified atom stereocenters. The van der Waals surface area contributed by atoms with Crippen LogP contribution >= 0.6 is 11.3 Å². The molecule has 1 amide bonds. The van der Waals surface area contributed by atoms with Gasteiger partial charge in [-0.15, -0.1) is 11.3 Å². The molecule has 9 heteroatoms. The van der Waals surface area contributed by atoms with Gasteiger partial charge in [-0.05, 0) is 17.9 Å². The average Bonchev–Trinajstić information content (AvgIpc) is 3.23. The Kier molecular flexibility index (Phi) is 5.08. The molecule has 0 fully saturated rings. The van der Waals surface area contributed by atoms with E-state index < -0.39 is 17.1 Å². The second kappa shape index (κ2) is 7.28. The van der Waals surface area contributed by atoms with E-state index in [2.05, 4.69) is 10.1 Å². The molecule has 2 aromatic heterocycles. The van der Waals surface area contributed by atoms with Crippen LogP contribution < -0.4 is 11.2 Å². The number of hydrogen-bond donors (Lipinski definition) is 2. The molecule has 1 aliphatic heterocycles. The number of hydrogen-bond acceptors (Lipinski definition) is 6. The van der Waals surface area contributed by atoms with Crippen molar-refractivity contribution in [3.63, 3.8) is 0 Å². The van der Waals surface area contributed by atoms with Crippen LogP contribution in [0.2, 0.25) is 0 Å². The number of rotatable bonds is 5. The molecule has 0 spiro atoms. The van der Waals surface area contributed by atoms with Crippen molar-refractivity contribution in [2.45, 2.75) is 45.7 Å². The molecule has 1 atom stereocenters. The first-order valence-electron chi connectivity index (χ1n) is 8.41. The molecule has 0 radical (unpaired) electrons. The van der Waals surface area contributed by atoms with Crippen LogP contribution in [0.1, 0.15) is 49.6 Å². The van der Waals surface area contributed by atoms with Gasteiger partial charge in [-0.2, -0.15) is 5.10 Å². The van der Waals surface area contributed by atoms with Crippen molar-refractivity contribution in [3.8, 4) is 5.88 Å². The van der Waals surface area contributed by atoms with E-state index in [0.29, 0.717) is 25.1 Å². The van der Waals surface area contributed by atoms with Crippen LogP contribution in [0, 0.1) is 0 Å². The summed E-state index contributed by atoms with van der Waals surface area (Å²) >= 11 is 1.49. The van der Waals surface area contributed by atoms with E-state index in [9.17, 15) is 19.5 Å². The van der Waals surface area contributed by atoms with E-state index in [4.69, 9.17) is 0 Å². The van der Waals surface area contributed by atoms with Gasteiger partial charge >= 0.3 is 5.69 Å². The molecule has 2 aromatic rings. The number of carbonyl (C=O) groups is 1. The Bertz CT molecular complexity index is 958. The molecule has 2 N–H and O–H groups in total. The number of hydrazone groups is 1. The quantitative estimate of drug-likeness (QED) is 0.829. The van der Waals surface area contributed by atoms with Gasteiger partial charge in [-0.3, -0.25) is 19.1 Å². The van der Waals surface area contributed by atoms with Crippen molar-refractivity contribution >= 4 is 23.0 Å². The van der Waals surface area contributed by atoms with Crippen LogP contribution in [0.5, 0.6) is 5.88 Å². The van der Waals surface area contributed by atoms with Gasteiger partial charge in [0.15, 0.2) is 0 Å². The summed E-state index contributed by atoms with van der Waals surface area (Å²) in [6.45, 7) is 3.66. The van der Waals surface area contributed by atoms with E-state index in [-0.39, 0.29) is 17.5 Å². The predicted octanol–water partition coefficient (Wildman–Crippen LogP) is 1.80. The van der Waals surface area contributed by atoms with Crippen LogP contribution in [0.15, 0.2) is 32.2 Å². The number of nitrogens with one attached hydrogen (secondary N) is 1. The number of H-pyrrole nitrogens is 1. The molecule has 0 aromatic carbocycles. The Balaban J connectivity index is 2.06. The highest BCUT2D eigenvalue weighted by Gasteiger charge is 2.34. The molecule has 0 bridgehead atoms. The molecule has 3 rings (SSSR count). The Morgan fingerprint density at radius 1 is 1.46 bits per heavy atom. The summed E-state index contributed by atoms with van der Waals surface area (Å²) in [5.74, 6) is -0.657. The summed E-state index contributed by atoms with van der Waals surface area (Å²) < 4.78 is 1.14. The highest BCUT2D eigenvalue weighted by molar-refractivity contribution is 7.10. The maximum Gasteiger partial charge on any atom is 0.331 e. The zero-order valence-electron chi connectivity index (χ0n) is 14.6. The second-order valence-corrected chi connectivity index (χ2v) is 7.09. The van der Waals surface area contributed by atoms with E-state index in [0.717, 1.165) is 15.9 Å². The molecular weight excluding hydrogens is 356 g/mol. The van der Waals surface area contributed by atoms with Crippen molar-refractivity contribution in [2.24, 2.45) is 5.10 Å². The van der Waals surface area contributed by atoms with Gasteiger partial charge in [0, 0.05) is 24.8 Å². The maximum absolute atomic E-state index is 12.3. The zero-order chi connectivity index (χ0) is 18.8. The minimum atomic E-state index is -0.700. The van der Waals surface area contributed by atoms with Gasteiger partial charge in [-0.1, -0.05) is 19.4 Å². The van der Waals surface area contributed by atoms with Crippen LogP contribution in [0.3, 0.4) is 0 Å². The SMILES string of the molecule is CCCCn1c(O)c(C2=NN(C(C)=O)C(c3cccs3)C2)c(=O)[nH]c1=O. The third kappa shape index (κ3) is 3.22. The molecule has 0 saturated heterocycles. The third-order valence-electron chi connectivity index (χ3n) is 4.30. The lowest BCUT2D eigenvalue weighted by Crippen LogP contribution is -2.33. The average molecular weight is 376 g/mol. The normalized spacial score (nSPS) is 16.8. The number of nitrogens with zero attached hydrogens (tertiary/aromatic N) is 3. The summed E-state index contributed by atoms with van der Waals surface area (Å²) in [5.41, 5.74) is -1.11. The minimum Gasteiger partial charge on any atom is -0.494 e. The Morgan fingerprint density at radius 2 is 2.23 bits per heavy atom. The third-order valence-corrected chi connectivity index (χ3v) is 5.27. The zero-order valence-corrected chi connectivity index (χ0v) is 15.4. The molecular formula is C17H20N4O4S. The number of thiophene rings is 1. The Hall–Kier alpha value is -2.68. The largest absolute Gasteiger partial charge is 0.494 e. The number of aromatic nitrogens is 2. The summed E-state index contributed by atoms with van der Waals surface area (Å²) in [5, 5.41) is 18.0. The summed E-state index contributed by atoms with van der Waals surface area (Å²) in [7, 11) is 0. The molecule has 3 heterocycles. The van der Waals surface area contributed by atoms with Crippen molar-refractivity contribution in [1.82, 2.24) is 14.6 Å². The smallest absolute Gasteiger partial charge is 0.331 e. The van der Waals surface area contributed by atoms with E-state index >= 15 is 0 Å². The molecule has 0 saturated carbocycles. The summed E-state index contributed by atoms with van der Waals surface area (Å²) in [6.07, 6.45) is 1.81. The van der Waals surface area contributed by atoms with E-state index in [1.807, 2.05) is 24.4 Å². The van der Waals surface area contributed by atoms with Crippen LogP contribution in [-0.4, -0.2) is 31.3 Å². The molecule has 8 nitrogen and oxygen atoms in total. The van der Waals surface area contributed by atoms with Gasteiger partial charge in [0.1, 0.15) is 5.56 Å². The topological polar surface area (TPSA) is 108 Å². The van der Waals surface area contributed by atoms with Gasteiger partial charge < -0.3 is 5.11 Å². The van der Waals surface area contributed by atoms with Crippen molar-refractivity contribution in [2.75, 3.05) is 0 Å². The van der Waals surface area contributed by atoms with Crippen molar-refractivity contribution < 1.29 is 9.90 Å². The van der Waals surface area contributed by atoms with Gasteiger partial charge in [0.2, 0.25) is 11.8 Å². The maximum atomic E-state index is 12.3. The summed E-state index contributed by atoms with van der Waals surface area (Å²) in [4.78, 5) is 39.5. The summed E-state index contributed by atoms with van der Waals surface area (Å²) in [6, 6.07) is 3.46. The molecule has 1 aliphatic rings. The van der Waals surface area contributed by atoms with Gasteiger partial charge in [-0.25, -0.2) is 9.80 Å². The first-order chi connectivity index (χ1) is 12.4. The van der Waals surface area contributed by atoms with Crippen molar-refractivity contribution in [1.29, 1.82) is 0 Å². The first-order valence-corrected chi connectivity index (χ1v) is 9.29. The Labute approximate surface area is 153 Å². The monoisotopic (exact) mass is 376 g/mol.